The molecule has 118 valence electrons. The van der Waals surface area contributed by atoms with Gasteiger partial charge in [-0.15, -0.1) is 0 Å². The normalized spacial score (nSPS) is 17.7. The fourth-order valence-corrected chi connectivity index (χ4v) is 3.75. The van der Waals surface area contributed by atoms with Gasteiger partial charge in [0, 0.05) is 11.6 Å². The zero-order valence-corrected chi connectivity index (χ0v) is 13.3. The first-order valence-electron chi connectivity index (χ1n) is 7.22. The van der Waals surface area contributed by atoms with E-state index in [9.17, 15) is 4.79 Å². The van der Waals surface area contributed by atoms with Crippen LogP contribution in [0.3, 0.4) is 0 Å². The van der Waals surface area contributed by atoms with Gasteiger partial charge < -0.3 is 9.84 Å². The van der Waals surface area contributed by atoms with E-state index < -0.39 is 16.9 Å². The molecule has 0 fully saturated rings. The number of carboxylic acid groups (broad SMARTS) is 1. The Morgan fingerprint density at radius 2 is 1.96 bits per heavy atom. The molecular formula is C18H17NO3S. The van der Waals surface area contributed by atoms with Gasteiger partial charge in [-0.05, 0) is 28.7 Å². The molecule has 3 rings (SSSR count). The van der Waals surface area contributed by atoms with Crippen molar-refractivity contribution in [3.8, 4) is 0 Å². The Bertz CT molecular complexity index is 739. The van der Waals surface area contributed by atoms with Crippen molar-refractivity contribution in [2.45, 2.75) is 18.1 Å². The van der Waals surface area contributed by atoms with Crippen molar-refractivity contribution in [1.82, 2.24) is 4.98 Å². The third kappa shape index (κ3) is 4.23. The van der Waals surface area contributed by atoms with Crippen LogP contribution in [-0.2, 0) is 22.6 Å². The lowest BCUT2D eigenvalue weighted by atomic mass is 10.2. The van der Waals surface area contributed by atoms with Crippen LogP contribution in [0, 0.1) is 0 Å². The lowest BCUT2D eigenvalue weighted by Crippen LogP contribution is -2.00. The number of hydrogen-bond donors (Lipinski definition) is 2. The Kier molecular flexibility index (Phi) is 4.78. The fourth-order valence-electron chi connectivity index (χ4n) is 2.19. The average Bonchev–Trinajstić information content (AvgIpc) is 3.03. The fraction of sp³-hybridized carbons (Fsp3) is 0.111. The molecule has 0 amide bonds. The summed E-state index contributed by atoms with van der Waals surface area (Å²) < 4.78 is 5.80. The van der Waals surface area contributed by atoms with E-state index in [1.807, 2.05) is 48.5 Å². The van der Waals surface area contributed by atoms with Gasteiger partial charge in [0.1, 0.15) is 12.4 Å². The molecule has 2 aromatic rings. The first kappa shape index (κ1) is 15.4. The van der Waals surface area contributed by atoms with Gasteiger partial charge in [-0.2, -0.15) is 10.9 Å². The molecule has 1 aromatic carbocycles. The molecule has 1 aliphatic heterocycles. The maximum absolute atomic E-state index is 10.7. The predicted molar refractivity (Wildman–Crippen MR) is 91.3 cm³/mol. The number of carbonyl (C=O) groups is 1. The molecule has 0 bridgehead atoms. The minimum Gasteiger partial charge on any atom is -0.488 e. The van der Waals surface area contributed by atoms with Crippen LogP contribution in [0.5, 0.6) is 0 Å². The molecule has 2 heterocycles. The van der Waals surface area contributed by atoms with Crippen molar-refractivity contribution in [3.05, 3.63) is 82.4 Å². The van der Waals surface area contributed by atoms with E-state index in [-0.39, 0.29) is 6.42 Å². The zero-order valence-electron chi connectivity index (χ0n) is 12.4. The Balaban J connectivity index is 1.61. The highest BCUT2D eigenvalue weighted by Gasteiger charge is 2.11. The summed E-state index contributed by atoms with van der Waals surface area (Å²) in [6.45, 7) is 0.547. The van der Waals surface area contributed by atoms with Gasteiger partial charge in [0.25, 0.3) is 0 Å². The van der Waals surface area contributed by atoms with Crippen LogP contribution in [0.1, 0.15) is 11.1 Å². The highest BCUT2D eigenvalue weighted by molar-refractivity contribution is 8.22. The van der Waals surface area contributed by atoms with Crippen molar-refractivity contribution in [1.29, 1.82) is 0 Å². The van der Waals surface area contributed by atoms with Gasteiger partial charge in [0.15, 0.2) is 0 Å². The number of nitrogens with zero attached hydrogens (tertiary/aromatic N) is 1. The topological polar surface area (TPSA) is 59.4 Å². The summed E-state index contributed by atoms with van der Waals surface area (Å²) in [6.07, 6.45) is 3.61. The molecule has 1 unspecified atom stereocenters. The Hall–Kier alpha value is -2.53. The van der Waals surface area contributed by atoms with Crippen molar-refractivity contribution in [2.24, 2.45) is 0 Å². The van der Waals surface area contributed by atoms with Gasteiger partial charge in [-0.25, -0.2) is 0 Å². The molecule has 0 spiro atoms. The Labute approximate surface area is 137 Å². The third-order valence-electron chi connectivity index (χ3n) is 3.34. The number of allylic oxidation sites excluding steroid dienone is 1. The van der Waals surface area contributed by atoms with E-state index in [0.717, 1.165) is 16.3 Å². The zero-order chi connectivity index (χ0) is 16.1. The van der Waals surface area contributed by atoms with Crippen molar-refractivity contribution < 1.29 is 14.6 Å². The van der Waals surface area contributed by atoms with Crippen LogP contribution in [-0.4, -0.2) is 16.1 Å². The standard InChI is InChI=1S/C18H17NO3S/c20-18(21)10-15-6-7-17(19-11-15)23-9-8-16(13-23)22-12-14-4-2-1-3-5-14/h1-9,11,13,23H,10,12H2,(H,20,21). The number of aromatic nitrogens is 1. The first-order chi connectivity index (χ1) is 11.2. The van der Waals surface area contributed by atoms with E-state index in [4.69, 9.17) is 9.84 Å². The van der Waals surface area contributed by atoms with E-state index in [0.29, 0.717) is 12.2 Å². The Morgan fingerprint density at radius 3 is 2.65 bits per heavy atom. The maximum Gasteiger partial charge on any atom is 0.307 e. The minimum absolute atomic E-state index is 0.00230. The van der Waals surface area contributed by atoms with Gasteiger partial charge >= 0.3 is 5.97 Å². The van der Waals surface area contributed by atoms with Gasteiger partial charge in [0.2, 0.25) is 0 Å². The summed E-state index contributed by atoms with van der Waals surface area (Å²) in [4.78, 5) is 15.1. The van der Waals surface area contributed by atoms with Gasteiger partial charge in [-0.3, -0.25) is 9.78 Å². The highest BCUT2D eigenvalue weighted by atomic mass is 32.2. The van der Waals surface area contributed by atoms with Crippen molar-refractivity contribution in [3.63, 3.8) is 0 Å². The largest absolute Gasteiger partial charge is 0.488 e. The number of benzene rings is 1. The summed E-state index contributed by atoms with van der Waals surface area (Å²) in [5.41, 5.74) is 1.85. The number of carboxylic acids is 1. The number of pyridine rings is 1. The molecular weight excluding hydrogens is 310 g/mol. The molecule has 0 saturated heterocycles. The van der Waals surface area contributed by atoms with Gasteiger partial charge in [-0.1, -0.05) is 36.4 Å². The van der Waals surface area contributed by atoms with Crippen LogP contribution < -0.4 is 0 Å². The smallest absolute Gasteiger partial charge is 0.307 e. The van der Waals surface area contributed by atoms with Crippen LogP contribution in [0.25, 0.3) is 0 Å². The first-order valence-corrected chi connectivity index (χ1v) is 8.70. The second-order valence-electron chi connectivity index (χ2n) is 5.12. The van der Waals surface area contributed by atoms with Crippen molar-refractivity contribution >= 4 is 16.9 Å². The maximum atomic E-state index is 10.7. The molecule has 1 atom stereocenters. The number of rotatable bonds is 6. The number of ether oxygens (including phenoxy) is 1. The van der Waals surface area contributed by atoms with Crippen LogP contribution in [0.4, 0.5) is 0 Å². The lowest BCUT2D eigenvalue weighted by Gasteiger charge is -2.09. The molecule has 1 N–H and O–H groups in total. The van der Waals surface area contributed by atoms with E-state index in [1.54, 1.807) is 6.20 Å². The summed E-state index contributed by atoms with van der Waals surface area (Å²) in [6, 6.07) is 13.8. The number of thiol groups is 1. The highest BCUT2D eigenvalue weighted by Crippen LogP contribution is 2.43. The van der Waals surface area contributed by atoms with Crippen LogP contribution in [0.2, 0.25) is 0 Å². The predicted octanol–water partition coefficient (Wildman–Crippen LogP) is 3.65. The van der Waals surface area contributed by atoms with Crippen LogP contribution >= 0.6 is 10.9 Å². The third-order valence-corrected chi connectivity index (χ3v) is 5.14. The summed E-state index contributed by atoms with van der Waals surface area (Å²) in [7, 11) is -0.619. The summed E-state index contributed by atoms with van der Waals surface area (Å²) in [5, 5.41) is 13.9. The molecule has 1 aliphatic rings. The van der Waals surface area contributed by atoms with E-state index >= 15 is 0 Å². The summed E-state index contributed by atoms with van der Waals surface area (Å²) >= 11 is 0. The number of hydrogen-bond acceptors (Lipinski definition) is 3. The number of aliphatic carboxylic acids is 1. The molecule has 0 saturated carbocycles. The average molecular weight is 327 g/mol. The molecule has 1 aromatic heterocycles. The van der Waals surface area contributed by atoms with E-state index in [1.165, 1.54) is 0 Å². The minimum atomic E-state index is -0.845. The van der Waals surface area contributed by atoms with Crippen LogP contribution in [0.15, 0.2) is 76.3 Å². The molecule has 4 nitrogen and oxygen atoms in total. The second kappa shape index (κ2) is 7.15. The quantitative estimate of drug-likeness (QED) is 0.795. The second-order valence-corrected chi connectivity index (χ2v) is 6.95. The molecule has 0 aliphatic carbocycles. The molecule has 5 heteroatoms. The van der Waals surface area contributed by atoms with Crippen molar-refractivity contribution in [2.75, 3.05) is 0 Å². The molecule has 0 radical (unpaired) electrons. The Morgan fingerprint density at radius 1 is 1.13 bits per heavy atom. The lowest BCUT2D eigenvalue weighted by molar-refractivity contribution is -0.136. The monoisotopic (exact) mass is 327 g/mol. The summed E-state index contributed by atoms with van der Waals surface area (Å²) in [5.74, 6) is 0.0129. The van der Waals surface area contributed by atoms with E-state index in [2.05, 4.69) is 15.8 Å². The molecule has 23 heavy (non-hydrogen) atoms. The van der Waals surface area contributed by atoms with Gasteiger partial charge in [0.05, 0.1) is 11.4 Å². The SMILES string of the molecule is O=C(O)Cc1ccc([SH]2C=CC(OCc3ccccc3)=C2)nc1.